The Morgan fingerprint density at radius 1 is 1.22 bits per heavy atom. The molecule has 1 N–H and O–H groups in total. The molecule has 1 unspecified atom stereocenters. The zero-order valence-electron chi connectivity index (χ0n) is 12.1. The van der Waals surface area contributed by atoms with Crippen LogP contribution in [0.15, 0.2) is 18.2 Å². The molecule has 1 aromatic rings. The highest BCUT2D eigenvalue weighted by Gasteiger charge is 2.26. The quantitative estimate of drug-likeness (QED) is 0.803. The van der Waals surface area contributed by atoms with E-state index in [0.29, 0.717) is 6.04 Å². The molecule has 1 nitrogen and oxygen atoms in total. The van der Waals surface area contributed by atoms with Gasteiger partial charge in [0.2, 0.25) is 0 Å². The van der Waals surface area contributed by atoms with Crippen LogP contribution in [-0.2, 0) is 0 Å². The molecule has 1 fully saturated rings. The van der Waals surface area contributed by atoms with Gasteiger partial charge in [-0.15, -0.1) is 0 Å². The zero-order chi connectivity index (χ0) is 13.0. The molecular weight excluding hydrogens is 218 g/mol. The summed E-state index contributed by atoms with van der Waals surface area (Å²) in [5.74, 6) is 0.845. The number of hydrogen-bond acceptors (Lipinski definition) is 1. The van der Waals surface area contributed by atoms with Gasteiger partial charge in [0.15, 0.2) is 0 Å². The maximum Gasteiger partial charge on any atom is 0.0351 e. The first kappa shape index (κ1) is 13.6. The predicted octanol–water partition coefficient (Wildman–Crippen LogP) is 4.53. The molecule has 1 aliphatic rings. The summed E-state index contributed by atoms with van der Waals surface area (Å²) in [5.41, 5.74) is 4.35. The molecule has 0 spiro atoms. The predicted molar refractivity (Wildman–Crippen MR) is 78.9 cm³/mol. The SMILES string of the molecule is CCCNC(c1ccc(C)cc1C)C1CCCC1. The van der Waals surface area contributed by atoms with Crippen LogP contribution >= 0.6 is 0 Å². The van der Waals surface area contributed by atoms with Gasteiger partial charge in [-0.1, -0.05) is 43.5 Å². The third-order valence-corrected chi connectivity index (χ3v) is 4.25. The molecule has 1 atom stereocenters. The van der Waals surface area contributed by atoms with Gasteiger partial charge < -0.3 is 5.32 Å². The van der Waals surface area contributed by atoms with Crippen LogP contribution in [0.3, 0.4) is 0 Å². The number of nitrogens with one attached hydrogen (secondary N) is 1. The van der Waals surface area contributed by atoms with E-state index in [1.807, 2.05) is 0 Å². The maximum atomic E-state index is 3.79. The summed E-state index contributed by atoms with van der Waals surface area (Å²) in [6.45, 7) is 7.83. The molecule has 1 heteroatoms. The van der Waals surface area contributed by atoms with Crippen LogP contribution in [0.25, 0.3) is 0 Å². The third-order valence-electron chi connectivity index (χ3n) is 4.25. The Morgan fingerprint density at radius 2 is 1.94 bits per heavy atom. The van der Waals surface area contributed by atoms with Gasteiger partial charge in [-0.25, -0.2) is 0 Å². The molecule has 0 aromatic heterocycles. The number of rotatable bonds is 5. The first-order chi connectivity index (χ1) is 8.72. The van der Waals surface area contributed by atoms with Crippen molar-refractivity contribution in [2.75, 3.05) is 6.54 Å². The lowest BCUT2D eigenvalue weighted by Gasteiger charge is -2.27. The second-order valence-electron chi connectivity index (χ2n) is 5.84. The Balaban J connectivity index is 2.20. The van der Waals surface area contributed by atoms with Crippen molar-refractivity contribution in [3.05, 3.63) is 34.9 Å². The Hall–Kier alpha value is -0.820. The molecule has 0 aliphatic heterocycles. The Bertz CT molecular complexity index is 377. The van der Waals surface area contributed by atoms with Gasteiger partial charge >= 0.3 is 0 Å². The zero-order valence-corrected chi connectivity index (χ0v) is 12.1. The van der Waals surface area contributed by atoms with Gasteiger partial charge in [0, 0.05) is 6.04 Å². The Kier molecular flexibility index (Phi) is 4.82. The van der Waals surface area contributed by atoms with Gasteiger partial charge in [-0.05, 0) is 56.7 Å². The van der Waals surface area contributed by atoms with E-state index in [1.54, 1.807) is 0 Å². The highest BCUT2D eigenvalue weighted by molar-refractivity contribution is 5.33. The summed E-state index contributed by atoms with van der Waals surface area (Å²) >= 11 is 0. The lowest BCUT2D eigenvalue weighted by atomic mass is 9.88. The van der Waals surface area contributed by atoms with Gasteiger partial charge in [0.1, 0.15) is 0 Å². The average molecular weight is 245 g/mol. The molecular formula is C17H27N. The molecule has 0 bridgehead atoms. The van der Waals surface area contributed by atoms with Crippen molar-refractivity contribution >= 4 is 0 Å². The van der Waals surface area contributed by atoms with Crippen LogP contribution in [0.4, 0.5) is 0 Å². The van der Waals surface area contributed by atoms with Gasteiger partial charge in [-0.2, -0.15) is 0 Å². The van der Waals surface area contributed by atoms with E-state index < -0.39 is 0 Å². The minimum absolute atomic E-state index is 0.577. The van der Waals surface area contributed by atoms with E-state index >= 15 is 0 Å². The van der Waals surface area contributed by atoms with Gasteiger partial charge in [0.05, 0.1) is 0 Å². The average Bonchev–Trinajstić information content (AvgIpc) is 2.85. The van der Waals surface area contributed by atoms with E-state index in [-0.39, 0.29) is 0 Å². The van der Waals surface area contributed by atoms with E-state index in [0.717, 1.165) is 12.5 Å². The standard InChI is InChI=1S/C17H27N/c1-4-11-18-17(15-7-5-6-8-15)16-10-9-13(2)12-14(16)3/h9-10,12,15,17-18H,4-8,11H2,1-3H3. The lowest BCUT2D eigenvalue weighted by Crippen LogP contribution is -2.28. The minimum atomic E-state index is 0.577. The highest BCUT2D eigenvalue weighted by atomic mass is 14.9. The minimum Gasteiger partial charge on any atom is -0.310 e. The molecule has 0 saturated heterocycles. The summed E-state index contributed by atoms with van der Waals surface area (Å²) in [6.07, 6.45) is 6.84. The van der Waals surface area contributed by atoms with Crippen LogP contribution in [-0.4, -0.2) is 6.54 Å². The van der Waals surface area contributed by atoms with Crippen LogP contribution in [0.5, 0.6) is 0 Å². The first-order valence-electron chi connectivity index (χ1n) is 7.53. The molecule has 2 rings (SSSR count). The van der Waals surface area contributed by atoms with Crippen LogP contribution in [0.2, 0.25) is 0 Å². The molecule has 1 aromatic carbocycles. The molecule has 18 heavy (non-hydrogen) atoms. The fourth-order valence-electron chi connectivity index (χ4n) is 3.30. The van der Waals surface area contributed by atoms with Crippen molar-refractivity contribution < 1.29 is 0 Å². The summed E-state index contributed by atoms with van der Waals surface area (Å²) in [6, 6.07) is 7.51. The molecule has 1 aliphatic carbocycles. The highest BCUT2D eigenvalue weighted by Crippen LogP contribution is 2.36. The Morgan fingerprint density at radius 3 is 2.56 bits per heavy atom. The number of benzene rings is 1. The fraction of sp³-hybridized carbons (Fsp3) is 0.647. The largest absolute Gasteiger partial charge is 0.310 e. The molecule has 0 heterocycles. The van der Waals surface area contributed by atoms with E-state index in [2.05, 4.69) is 44.3 Å². The van der Waals surface area contributed by atoms with Crippen molar-refractivity contribution in [2.45, 2.75) is 58.9 Å². The van der Waals surface area contributed by atoms with E-state index in [4.69, 9.17) is 0 Å². The first-order valence-corrected chi connectivity index (χ1v) is 7.53. The fourth-order valence-corrected chi connectivity index (χ4v) is 3.30. The van der Waals surface area contributed by atoms with Crippen molar-refractivity contribution in [1.29, 1.82) is 0 Å². The van der Waals surface area contributed by atoms with Gasteiger partial charge in [-0.3, -0.25) is 0 Å². The second kappa shape index (κ2) is 6.38. The lowest BCUT2D eigenvalue weighted by molar-refractivity contribution is 0.367. The summed E-state index contributed by atoms with van der Waals surface area (Å²) in [7, 11) is 0. The number of aryl methyl sites for hydroxylation is 2. The molecule has 0 amide bonds. The smallest absolute Gasteiger partial charge is 0.0351 e. The monoisotopic (exact) mass is 245 g/mol. The van der Waals surface area contributed by atoms with Gasteiger partial charge in [0.25, 0.3) is 0 Å². The number of hydrogen-bond donors (Lipinski definition) is 1. The van der Waals surface area contributed by atoms with E-state index in [9.17, 15) is 0 Å². The molecule has 0 radical (unpaired) electrons. The summed E-state index contributed by atoms with van der Waals surface area (Å²) < 4.78 is 0. The van der Waals surface area contributed by atoms with Crippen molar-refractivity contribution in [3.8, 4) is 0 Å². The second-order valence-corrected chi connectivity index (χ2v) is 5.84. The van der Waals surface area contributed by atoms with E-state index in [1.165, 1.54) is 48.8 Å². The summed E-state index contributed by atoms with van der Waals surface area (Å²) in [4.78, 5) is 0. The van der Waals surface area contributed by atoms with Crippen LogP contribution < -0.4 is 5.32 Å². The normalized spacial score (nSPS) is 18.2. The molecule has 1 saturated carbocycles. The van der Waals surface area contributed by atoms with Crippen molar-refractivity contribution in [3.63, 3.8) is 0 Å². The third kappa shape index (κ3) is 3.14. The van der Waals surface area contributed by atoms with Crippen LogP contribution in [0.1, 0.15) is 61.8 Å². The molecule has 100 valence electrons. The maximum absolute atomic E-state index is 3.79. The van der Waals surface area contributed by atoms with Crippen LogP contribution in [0, 0.1) is 19.8 Å². The summed E-state index contributed by atoms with van der Waals surface area (Å²) in [5, 5.41) is 3.79. The van der Waals surface area contributed by atoms with Crippen molar-refractivity contribution in [2.24, 2.45) is 5.92 Å². The Labute approximate surface area is 112 Å². The topological polar surface area (TPSA) is 12.0 Å². The van der Waals surface area contributed by atoms with Crippen molar-refractivity contribution in [1.82, 2.24) is 5.32 Å².